The molecule has 3 aromatic rings. The van der Waals surface area contributed by atoms with Gasteiger partial charge in [0.1, 0.15) is 0 Å². The van der Waals surface area contributed by atoms with E-state index < -0.39 is 0 Å². The van der Waals surface area contributed by atoms with Crippen molar-refractivity contribution < 1.29 is 4.79 Å². The van der Waals surface area contributed by atoms with Gasteiger partial charge in [0.15, 0.2) is 4.77 Å². The fourth-order valence-electron chi connectivity index (χ4n) is 3.01. The third kappa shape index (κ3) is 4.64. The number of benzene rings is 2. The van der Waals surface area contributed by atoms with Gasteiger partial charge >= 0.3 is 0 Å². The standard InChI is InChI=1S/C20H20ClN3O2S/c1-13(12-14-6-2-4-8-16(14)21)22-18(25)10-11-24-19(26)15-7-3-5-9-17(15)23-20(24)27/h2-9,13H,10-12H2,1H3,(H,22,25)(H,23,27). The zero-order valence-electron chi connectivity index (χ0n) is 14.9. The third-order valence-electron chi connectivity index (χ3n) is 4.34. The SMILES string of the molecule is CC(Cc1ccccc1Cl)NC(=O)CCn1c(=S)[nH]c2ccccc2c1=O. The number of nitrogens with one attached hydrogen (secondary N) is 2. The van der Waals surface area contributed by atoms with E-state index in [2.05, 4.69) is 10.3 Å². The minimum absolute atomic E-state index is 0.0692. The molecule has 0 saturated heterocycles. The minimum atomic E-state index is -0.189. The minimum Gasteiger partial charge on any atom is -0.353 e. The van der Waals surface area contributed by atoms with Gasteiger partial charge in [-0.15, -0.1) is 0 Å². The molecule has 5 nitrogen and oxygen atoms in total. The van der Waals surface area contributed by atoms with Crippen LogP contribution < -0.4 is 10.9 Å². The number of halogens is 1. The van der Waals surface area contributed by atoms with Gasteiger partial charge in [-0.2, -0.15) is 0 Å². The molecule has 140 valence electrons. The van der Waals surface area contributed by atoms with Crippen molar-refractivity contribution in [1.29, 1.82) is 0 Å². The Kier molecular flexibility index (Phi) is 6.08. The van der Waals surface area contributed by atoms with Crippen LogP contribution in [0.15, 0.2) is 53.3 Å². The van der Waals surface area contributed by atoms with Gasteiger partial charge in [-0.05, 0) is 49.3 Å². The van der Waals surface area contributed by atoms with Crippen LogP contribution in [0.3, 0.4) is 0 Å². The zero-order valence-corrected chi connectivity index (χ0v) is 16.4. The molecule has 1 aromatic heterocycles. The number of hydrogen-bond acceptors (Lipinski definition) is 3. The first-order chi connectivity index (χ1) is 13.0. The smallest absolute Gasteiger partial charge is 0.262 e. The maximum absolute atomic E-state index is 12.6. The molecule has 1 atom stereocenters. The summed E-state index contributed by atoms with van der Waals surface area (Å²) in [6, 6.07) is 14.7. The number of carbonyl (C=O) groups is 1. The largest absolute Gasteiger partial charge is 0.353 e. The van der Waals surface area contributed by atoms with Crippen LogP contribution in [0.4, 0.5) is 0 Å². The summed E-state index contributed by atoms with van der Waals surface area (Å²) in [5, 5.41) is 4.19. The van der Waals surface area contributed by atoms with E-state index in [1.54, 1.807) is 18.2 Å². The number of fused-ring (bicyclic) bond motifs is 1. The van der Waals surface area contributed by atoms with Crippen LogP contribution in [0.2, 0.25) is 5.02 Å². The quantitative estimate of drug-likeness (QED) is 0.616. The first kappa shape index (κ1) is 19.3. The third-order valence-corrected chi connectivity index (χ3v) is 5.03. The Morgan fingerprint density at radius 3 is 2.70 bits per heavy atom. The van der Waals surface area contributed by atoms with Crippen LogP contribution in [0.5, 0.6) is 0 Å². The summed E-state index contributed by atoms with van der Waals surface area (Å²) >= 11 is 11.4. The van der Waals surface area contributed by atoms with Crippen LogP contribution in [0, 0.1) is 4.77 Å². The van der Waals surface area contributed by atoms with Crippen molar-refractivity contribution in [2.24, 2.45) is 0 Å². The Bertz CT molecular complexity index is 1090. The number of nitrogens with zero attached hydrogens (tertiary/aromatic N) is 1. The van der Waals surface area contributed by atoms with Crippen LogP contribution in [-0.4, -0.2) is 21.5 Å². The molecule has 0 spiro atoms. The molecule has 27 heavy (non-hydrogen) atoms. The lowest BCUT2D eigenvalue weighted by molar-refractivity contribution is -0.121. The van der Waals surface area contributed by atoms with Gasteiger partial charge in [0.2, 0.25) is 5.91 Å². The highest BCUT2D eigenvalue weighted by Crippen LogP contribution is 2.16. The van der Waals surface area contributed by atoms with Crippen molar-refractivity contribution in [1.82, 2.24) is 14.9 Å². The van der Waals surface area contributed by atoms with Crippen LogP contribution in [0.1, 0.15) is 18.9 Å². The maximum Gasteiger partial charge on any atom is 0.262 e. The first-order valence-corrected chi connectivity index (χ1v) is 9.49. The van der Waals surface area contributed by atoms with Crippen LogP contribution >= 0.6 is 23.8 Å². The Balaban J connectivity index is 1.64. The van der Waals surface area contributed by atoms with Gasteiger partial charge in [0.05, 0.1) is 10.9 Å². The fraction of sp³-hybridized carbons (Fsp3) is 0.250. The van der Waals surface area contributed by atoms with Crippen molar-refractivity contribution in [3.05, 3.63) is 74.2 Å². The molecule has 0 bridgehead atoms. The summed E-state index contributed by atoms with van der Waals surface area (Å²) in [4.78, 5) is 27.9. The molecular formula is C20H20ClN3O2S. The molecule has 1 amide bonds. The van der Waals surface area contributed by atoms with Crippen molar-refractivity contribution in [3.63, 3.8) is 0 Å². The van der Waals surface area contributed by atoms with E-state index in [0.717, 1.165) is 5.56 Å². The number of aromatic nitrogens is 2. The summed E-state index contributed by atoms with van der Waals surface area (Å²) in [6.07, 6.45) is 0.810. The highest BCUT2D eigenvalue weighted by Gasteiger charge is 2.12. The molecule has 7 heteroatoms. The summed E-state index contributed by atoms with van der Waals surface area (Å²) in [5.41, 5.74) is 1.49. The fourth-order valence-corrected chi connectivity index (χ4v) is 3.50. The highest BCUT2D eigenvalue weighted by molar-refractivity contribution is 7.71. The van der Waals surface area contributed by atoms with Crippen LogP contribution in [0.25, 0.3) is 10.9 Å². The molecule has 2 N–H and O–H groups in total. The second-order valence-corrected chi connectivity index (χ2v) is 7.24. The van der Waals surface area contributed by atoms with Gasteiger partial charge in [-0.25, -0.2) is 0 Å². The predicted octanol–water partition coefficient (Wildman–Crippen LogP) is 3.85. The number of rotatable bonds is 6. The average molecular weight is 402 g/mol. The Hall–Kier alpha value is -2.44. The van der Waals surface area contributed by atoms with Crippen molar-refractivity contribution in [3.8, 4) is 0 Å². The molecular weight excluding hydrogens is 382 g/mol. The molecule has 0 radical (unpaired) electrons. The van der Waals surface area contributed by atoms with Crippen molar-refractivity contribution in [2.45, 2.75) is 32.4 Å². The number of hydrogen-bond donors (Lipinski definition) is 2. The first-order valence-electron chi connectivity index (χ1n) is 8.70. The second kappa shape index (κ2) is 8.50. The van der Waals surface area contributed by atoms with Crippen molar-refractivity contribution >= 4 is 40.6 Å². The summed E-state index contributed by atoms with van der Waals surface area (Å²) in [7, 11) is 0. The van der Waals surface area contributed by atoms with Crippen LogP contribution in [-0.2, 0) is 17.8 Å². The number of aromatic amines is 1. The monoisotopic (exact) mass is 401 g/mol. The lowest BCUT2D eigenvalue weighted by Crippen LogP contribution is -2.35. The van der Waals surface area contributed by atoms with Gasteiger partial charge in [0, 0.05) is 24.0 Å². The van der Waals surface area contributed by atoms with Crippen molar-refractivity contribution in [2.75, 3.05) is 0 Å². The predicted molar refractivity (Wildman–Crippen MR) is 111 cm³/mol. The molecule has 0 saturated carbocycles. The van der Waals surface area contributed by atoms with E-state index in [0.29, 0.717) is 27.1 Å². The lowest BCUT2D eigenvalue weighted by atomic mass is 10.1. The van der Waals surface area contributed by atoms with E-state index in [9.17, 15) is 9.59 Å². The van der Waals surface area contributed by atoms with Gasteiger partial charge in [0.25, 0.3) is 5.56 Å². The Labute approximate surface area is 167 Å². The molecule has 3 rings (SSSR count). The molecule has 0 aliphatic rings. The lowest BCUT2D eigenvalue weighted by Gasteiger charge is -2.15. The Morgan fingerprint density at radius 2 is 1.93 bits per heavy atom. The van der Waals surface area contributed by atoms with Gasteiger partial charge in [-0.3, -0.25) is 14.2 Å². The van der Waals surface area contributed by atoms with E-state index in [-0.39, 0.29) is 30.5 Å². The number of carbonyl (C=O) groups excluding carboxylic acids is 1. The molecule has 0 aliphatic carbocycles. The van der Waals surface area contributed by atoms with E-state index in [1.807, 2.05) is 37.3 Å². The molecule has 0 fully saturated rings. The second-order valence-electron chi connectivity index (χ2n) is 6.45. The molecule has 0 aliphatic heterocycles. The molecule has 1 unspecified atom stereocenters. The highest BCUT2D eigenvalue weighted by atomic mass is 35.5. The Morgan fingerprint density at radius 1 is 1.22 bits per heavy atom. The van der Waals surface area contributed by atoms with Gasteiger partial charge in [-0.1, -0.05) is 41.9 Å². The number of H-pyrrole nitrogens is 1. The maximum atomic E-state index is 12.6. The van der Waals surface area contributed by atoms with E-state index >= 15 is 0 Å². The summed E-state index contributed by atoms with van der Waals surface area (Å²) < 4.78 is 1.74. The number of amides is 1. The number of para-hydroxylation sites is 1. The summed E-state index contributed by atoms with van der Waals surface area (Å²) in [6.45, 7) is 2.15. The summed E-state index contributed by atoms with van der Waals surface area (Å²) in [5.74, 6) is -0.135. The topological polar surface area (TPSA) is 66.9 Å². The zero-order chi connectivity index (χ0) is 19.4. The van der Waals surface area contributed by atoms with E-state index in [4.69, 9.17) is 23.8 Å². The van der Waals surface area contributed by atoms with Gasteiger partial charge < -0.3 is 10.3 Å². The normalized spacial score (nSPS) is 12.1. The molecule has 2 aromatic carbocycles. The molecule has 1 heterocycles. The van der Waals surface area contributed by atoms with E-state index in [1.165, 1.54) is 4.57 Å². The average Bonchev–Trinajstić information content (AvgIpc) is 2.63.